The average molecular weight is 190 g/mol. The molecule has 0 fully saturated rings. The molecule has 5 nitrogen and oxygen atoms in total. The Morgan fingerprint density at radius 1 is 1.22 bits per heavy atom. The minimum Gasteiger partial charge on any atom is -0.381 e. The van der Waals surface area contributed by atoms with Gasteiger partial charge in [-0.15, -0.1) is 10.2 Å². The van der Waals surface area contributed by atoms with Crippen molar-refractivity contribution in [3.8, 4) is 0 Å². The van der Waals surface area contributed by atoms with E-state index in [0.717, 1.165) is 0 Å². The molecule has 0 saturated carbocycles. The van der Waals surface area contributed by atoms with Crippen LogP contribution in [0.1, 0.15) is 0 Å². The summed E-state index contributed by atoms with van der Waals surface area (Å²) in [4.78, 5) is 3.61. The molecule has 0 atom stereocenters. The first-order valence-electron chi connectivity index (χ1n) is 2.11. The van der Waals surface area contributed by atoms with Crippen LogP contribution in [0.4, 0.5) is 11.8 Å². The average Bonchev–Trinajstić information content (AvgIpc) is 1.80. The van der Waals surface area contributed by atoms with Crippen LogP contribution in [0.15, 0.2) is 4.60 Å². The smallest absolute Gasteiger partial charge is 0.242 e. The SMILES string of the molecule is Nc1nnc(Br)c(N)n1. The molecule has 0 aliphatic carbocycles. The van der Waals surface area contributed by atoms with Crippen molar-refractivity contribution in [1.82, 2.24) is 15.2 Å². The standard InChI is InChI=1S/C3H4BrN5/c4-1-2(5)7-3(6)9-8-1/h(H4,5,6,7,9). The van der Waals surface area contributed by atoms with Gasteiger partial charge in [0.15, 0.2) is 10.4 Å². The second-order valence-corrected chi connectivity index (χ2v) is 2.10. The van der Waals surface area contributed by atoms with E-state index in [4.69, 9.17) is 11.5 Å². The fourth-order valence-corrected chi connectivity index (χ4v) is 0.506. The molecule has 0 unspecified atom stereocenters. The molecule has 48 valence electrons. The zero-order valence-corrected chi connectivity index (χ0v) is 5.96. The molecule has 6 heteroatoms. The number of rotatable bonds is 0. The van der Waals surface area contributed by atoms with Crippen molar-refractivity contribution in [1.29, 1.82) is 0 Å². The van der Waals surface area contributed by atoms with Crippen molar-refractivity contribution in [2.45, 2.75) is 0 Å². The van der Waals surface area contributed by atoms with Crippen molar-refractivity contribution in [2.24, 2.45) is 0 Å². The van der Waals surface area contributed by atoms with Crippen molar-refractivity contribution in [3.63, 3.8) is 0 Å². The number of nitrogens with two attached hydrogens (primary N) is 2. The highest BCUT2D eigenvalue weighted by molar-refractivity contribution is 9.10. The summed E-state index contributed by atoms with van der Waals surface area (Å²) in [6.07, 6.45) is 0. The van der Waals surface area contributed by atoms with Crippen LogP contribution in [0.5, 0.6) is 0 Å². The number of nitrogen functional groups attached to an aromatic ring is 2. The lowest BCUT2D eigenvalue weighted by atomic mass is 10.7. The maximum absolute atomic E-state index is 5.28. The lowest BCUT2D eigenvalue weighted by Gasteiger charge is -1.93. The van der Waals surface area contributed by atoms with Crippen LogP contribution >= 0.6 is 15.9 Å². The van der Waals surface area contributed by atoms with Gasteiger partial charge in [0.05, 0.1) is 0 Å². The lowest BCUT2D eigenvalue weighted by Crippen LogP contribution is -2.01. The molecule has 4 N–H and O–H groups in total. The maximum atomic E-state index is 5.28. The Morgan fingerprint density at radius 2 is 1.89 bits per heavy atom. The number of anilines is 2. The fraction of sp³-hybridized carbons (Fsp3) is 0. The zero-order chi connectivity index (χ0) is 6.85. The molecule has 1 aromatic rings. The summed E-state index contributed by atoms with van der Waals surface area (Å²) in [6.45, 7) is 0. The summed E-state index contributed by atoms with van der Waals surface area (Å²) >= 11 is 3.01. The van der Waals surface area contributed by atoms with Gasteiger partial charge in [-0.25, -0.2) is 0 Å². The van der Waals surface area contributed by atoms with E-state index in [1.54, 1.807) is 0 Å². The van der Waals surface area contributed by atoms with Gasteiger partial charge >= 0.3 is 0 Å². The fourth-order valence-electron chi connectivity index (χ4n) is 0.338. The molecule has 1 aromatic heterocycles. The van der Waals surface area contributed by atoms with Crippen molar-refractivity contribution < 1.29 is 0 Å². The quantitative estimate of drug-likeness (QED) is 0.590. The molecule has 9 heavy (non-hydrogen) atoms. The van der Waals surface area contributed by atoms with E-state index in [0.29, 0.717) is 4.60 Å². The third kappa shape index (κ3) is 1.26. The number of hydrogen-bond acceptors (Lipinski definition) is 5. The Kier molecular flexibility index (Phi) is 1.48. The predicted molar refractivity (Wildman–Crippen MR) is 36.4 cm³/mol. The van der Waals surface area contributed by atoms with Crippen LogP contribution in [0.3, 0.4) is 0 Å². The van der Waals surface area contributed by atoms with Gasteiger partial charge < -0.3 is 11.5 Å². The van der Waals surface area contributed by atoms with Crippen LogP contribution in [0.25, 0.3) is 0 Å². The third-order valence-electron chi connectivity index (χ3n) is 0.687. The molecule has 0 bridgehead atoms. The lowest BCUT2D eigenvalue weighted by molar-refractivity contribution is 0.969. The molecule has 0 aliphatic rings. The van der Waals surface area contributed by atoms with Crippen LogP contribution in [0.2, 0.25) is 0 Å². The second kappa shape index (κ2) is 2.14. The molecular formula is C3H4BrN5. The van der Waals surface area contributed by atoms with Crippen molar-refractivity contribution >= 4 is 27.7 Å². The van der Waals surface area contributed by atoms with E-state index in [9.17, 15) is 0 Å². The van der Waals surface area contributed by atoms with Crippen LogP contribution in [-0.2, 0) is 0 Å². The van der Waals surface area contributed by atoms with E-state index in [1.165, 1.54) is 0 Å². The van der Waals surface area contributed by atoms with Gasteiger partial charge in [0.25, 0.3) is 0 Å². The first-order valence-corrected chi connectivity index (χ1v) is 2.90. The Hall–Kier alpha value is -0.910. The van der Waals surface area contributed by atoms with Gasteiger partial charge in [-0.2, -0.15) is 4.98 Å². The van der Waals surface area contributed by atoms with Crippen LogP contribution in [0, 0.1) is 0 Å². The number of aromatic nitrogens is 3. The highest BCUT2D eigenvalue weighted by Crippen LogP contribution is 2.10. The molecule has 0 amide bonds. The molecule has 1 rings (SSSR count). The monoisotopic (exact) mass is 189 g/mol. The largest absolute Gasteiger partial charge is 0.381 e. The van der Waals surface area contributed by atoms with Gasteiger partial charge in [0.2, 0.25) is 5.95 Å². The number of halogens is 1. The Balaban J connectivity index is 3.17. The minimum absolute atomic E-state index is 0.0794. The Labute approximate surface area is 59.6 Å². The summed E-state index contributed by atoms with van der Waals surface area (Å²) in [6, 6.07) is 0. The van der Waals surface area contributed by atoms with E-state index in [1.807, 2.05) is 0 Å². The molecule has 0 aromatic carbocycles. The van der Waals surface area contributed by atoms with Crippen LogP contribution in [-0.4, -0.2) is 15.2 Å². The number of nitrogens with zero attached hydrogens (tertiary/aromatic N) is 3. The highest BCUT2D eigenvalue weighted by Gasteiger charge is 1.97. The molecular weight excluding hydrogens is 186 g/mol. The first-order chi connectivity index (χ1) is 4.20. The van der Waals surface area contributed by atoms with Gasteiger partial charge in [-0.05, 0) is 15.9 Å². The van der Waals surface area contributed by atoms with Crippen LogP contribution < -0.4 is 11.5 Å². The summed E-state index contributed by atoms with van der Waals surface area (Å²) in [5.41, 5.74) is 10.4. The normalized spacial score (nSPS) is 9.44. The van der Waals surface area contributed by atoms with Crippen molar-refractivity contribution in [2.75, 3.05) is 11.5 Å². The minimum atomic E-state index is 0.0794. The van der Waals surface area contributed by atoms with E-state index < -0.39 is 0 Å². The van der Waals surface area contributed by atoms with Gasteiger partial charge in [0.1, 0.15) is 0 Å². The molecule has 0 spiro atoms. The third-order valence-corrected chi connectivity index (χ3v) is 1.25. The zero-order valence-electron chi connectivity index (χ0n) is 4.37. The van der Waals surface area contributed by atoms with E-state index >= 15 is 0 Å². The van der Waals surface area contributed by atoms with Gasteiger partial charge in [-0.1, -0.05) is 0 Å². The maximum Gasteiger partial charge on any atom is 0.242 e. The molecule has 1 heterocycles. The summed E-state index contributed by atoms with van der Waals surface area (Å²) in [5, 5.41) is 6.96. The van der Waals surface area contributed by atoms with E-state index in [2.05, 4.69) is 31.1 Å². The summed E-state index contributed by atoms with van der Waals surface area (Å²) < 4.78 is 0.414. The second-order valence-electron chi connectivity index (χ2n) is 1.35. The highest BCUT2D eigenvalue weighted by atomic mass is 79.9. The van der Waals surface area contributed by atoms with Gasteiger partial charge in [-0.3, -0.25) is 0 Å². The Morgan fingerprint density at radius 3 is 2.33 bits per heavy atom. The Bertz CT molecular complexity index is 223. The predicted octanol–water partition coefficient (Wildman–Crippen LogP) is -0.202. The summed E-state index contributed by atoms with van der Waals surface area (Å²) in [7, 11) is 0. The van der Waals surface area contributed by atoms with Crippen molar-refractivity contribution in [3.05, 3.63) is 4.60 Å². The first kappa shape index (κ1) is 6.21. The van der Waals surface area contributed by atoms with Gasteiger partial charge in [0, 0.05) is 0 Å². The molecule has 0 radical (unpaired) electrons. The molecule has 0 aliphatic heterocycles. The molecule has 0 saturated heterocycles. The topological polar surface area (TPSA) is 90.7 Å². The summed E-state index contributed by atoms with van der Waals surface area (Å²) in [5.74, 6) is 0.332. The number of hydrogen-bond donors (Lipinski definition) is 2. The van der Waals surface area contributed by atoms with E-state index in [-0.39, 0.29) is 11.8 Å².